The molecule has 0 bridgehead atoms. The first-order chi connectivity index (χ1) is 4.34. The molecule has 0 radical (unpaired) electrons. The minimum absolute atomic E-state index is 0.181. The van der Waals surface area contributed by atoms with Crippen molar-refractivity contribution in [3.05, 3.63) is 0 Å². The van der Waals surface area contributed by atoms with Gasteiger partial charge in [0.1, 0.15) is 5.84 Å². The van der Waals surface area contributed by atoms with Crippen molar-refractivity contribution in [1.29, 1.82) is 10.8 Å². The predicted octanol–water partition coefficient (Wildman–Crippen LogP) is 0.493. The second-order valence-electron chi connectivity index (χ2n) is 3.16. The molecular weight excluding hydrogens is 128 g/mol. The van der Waals surface area contributed by atoms with Crippen LogP contribution in [0.5, 0.6) is 0 Å². The zero-order valence-corrected chi connectivity index (χ0v) is 6.58. The van der Waals surface area contributed by atoms with Crippen molar-refractivity contribution in [1.82, 2.24) is 5.32 Å². The molecule has 0 aliphatic carbocycles. The maximum Gasteiger partial charge on any atom is 0.191 e. The highest BCUT2D eigenvalue weighted by atomic mass is 15.1. The van der Waals surface area contributed by atoms with Gasteiger partial charge in [0.25, 0.3) is 0 Å². The fourth-order valence-corrected chi connectivity index (χ4v) is 0.322. The van der Waals surface area contributed by atoms with Gasteiger partial charge in [0.05, 0.1) is 0 Å². The Morgan fingerprint density at radius 3 is 1.80 bits per heavy atom. The number of hydrogen-bond donors (Lipinski definition) is 4. The van der Waals surface area contributed by atoms with E-state index >= 15 is 0 Å². The Morgan fingerprint density at radius 2 is 1.70 bits per heavy atom. The molecule has 0 saturated carbocycles. The summed E-state index contributed by atoms with van der Waals surface area (Å²) < 4.78 is 0. The standard InChI is InChI=1S/C6H14N4/c1-6(2,3)4(7)10-5(8)9/h1-3H3,(H5,7,8,9,10). The van der Waals surface area contributed by atoms with Gasteiger partial charge in [-0.15, -0.1) is 0 Å². The summed E-state index contributed by atoms with van der Waals surface area (Å²) in [6.45, 7) is 5.64. The van der Waals surface area contributed by atoms with Gasteiger partial charge >= 0.3 is 0 Å². The lowest BCUT2D eigenvalue weighted by molar-refractivity contribution is 0.573. The molecule has 0 aromatic rings. The van der Waals surface area contributed by atoms with Gasteiger partial charge in [0, 0.05) is 5.41 Å². The van der Waals surface area contributed by atoms with Gasteiger partial charge < -0.3 is 11.1 Å². The highest BCUT2D eigenvalue weighted by Gasteiger charge is 2.16. The fourth-order valence-electron chi connectivity index (χ4n) is 0.322. The van der Waals surface area contributed by atoms with Gasteiger partial charge in [0.15, 0.2) is 5.96 Å². The Kier molecular flexibility index (Phi) is 2.40. The summed E-state index contributed by atoms with van der Waals surface area (Å²) in [6, 6.07) is 0. The molecule has 0 aromatic heterocycles. The van der Waals surface area contributed by atoms with Crippen molar-refractivity contribution in [3.8, 4) is 0 Å². The number of guanidine groups is 1. The molecule has 0 aromatic carbocycles. The van der Waals surface area contributed by atoms with Crippen molar-refractivity contribution in [2.45, 2.75) is 20.8 Å². The summed E-state index contributed by atoms with van der Waals surface area (Å²) >= 11 is 0. The molecule has 58 valence electrons. The molecule has 0 saturated heterocycles. The smallest absolute Gasteiger partial charge is 0.191 e. The lowest BCUT2D eigenvalue weighted by Crippen LogP contribution is -2.41. The highest BCUT2D eigenvalue weighted by molar-refractivity contribution is 5.98. The number of nitrogens with two attached hydrogens (primary N) is 1. The summed E-state index contributed by atoms with van der Waals surface area (Å²) in [5.41, 5.74) is 4.76. The summed E-state index contributed by atoms with van der Waals surface area (Å²) in [5, 5.41) is 16.6. The summed E-state index contributed by atoms with van der Waals surface area (Å²) in [6.07, 6.45) is 0. The summed E-state index contributed by atoms with van der Waals surface area (Å²) in [4.78, 5) is 0. The second-order valence-corrected chi connectivity index (χ2v) is 3.16. The topological polar surface area (TPSA) is 85.8 Å². The molecule has 0 fully saturated rings. The molecule has 0 heterocycles. The Hall–Kier alpha value is -1.06. The van der Waals surface area contributed by atoms with Gasteiger partial charge in [0.2, 0.25) is 0 Å². The van der Waals surface area contributed by atoms with Gasteiger partial charge in [-0.2, -0.15) is 0 Å². The van der Waals surface area contributed by atoms with Gasteiger partial charge in [-0.05, 0) is 0 Å². The maximum absolute atomic E-state index is 7.34. The Labute approximate surface area is 60.8 Å². The lowest BCUT2D eigenvalue weighted by atomic mass is 9.95. The minimum atomic E-state index is -0.258. The van der Waals surface area contributed by atoms with Crippen LogP contribution in [0.25, 0.3) is 0 Å². The molecule has 10 heavy (non-hydrogen) atoms. The highest BCUT2D eigenvalue weighted by Crippen LogP contribution is 2.12. The molecule has 5 N–H and O–H groups in total. The number of amidine groups is 1. The van der Waals surface area contributed by atoms with Crippen LogP contribution in [0, 0.1) is 16.2 Å². The van der Waals surface area contributed by atoms with E-state index in [-0.39, 0.29) is 17.2 Å². The number of hydrogen-bond acceptors (Lipinski definition) is 2. The Bertz CT molecular complexity index is 154. The average Bonchev–Trinajstić information content (AvgIpc) is 1.60. The second kappa shape index (κ2) is 2.68. The van der Waals surface area contributed by atoms with E-state index in [1.807, 2.05) is 20.8 Å². The van der Waals surface area contributed by atoms with Gasteiger partial charge in [-0.3, -0.25) is 10.8 Å². The van der Waals surface area contributed by atoms with Crippen LogP contribution in [0.4, 0.5) is 0 Å². The summed E-state index contributed by atoms with van der Waals surface area (Å²) in [5.74, 6) is 0.0833. The van der Waals surface area contributed by atoms with Crippen LogP contribution in [0.2, 0.25) is 0 Å². The number of nitrogens with one attached hydrogen (secondary N) is 3. The van der Waals surface area contributed by atoms with E-state index in [1.165, 1.54) is 0 Å². The Morgan fingerprint density at radius 1 is 1.30 bits per heavy atom. The van der Waals surface area contributed by atoms with Crippen LogP contribution in [-0.2, 0) is 0 Å². The van der Waals surface area contributed by atoms with Crippen molar-refractivity contribution in [2.75, 3.05) is 0 Å². The largest absolute Gasteiger partial charge is 0.370 e. The predicted molar refractivity (Wildman–Crippen MR) is 42.2 cm³/mol. The van der Waals surface area contributed by atoms with Crippen LogP contribution < -0.4 is 11.1 Å². The molecule has 0 aliphatic rings. The van der Waals surface area contributed by atoms with E-state index in [0.717, 1.165) is 0 Å². The van der Waals surface area contributed by atoms with E-state index in [9.17, 15) is 0 Å². The molecule has 0 spiro atoms. The molecule has 0 amide bonds. The molecule has 0 rings (SSSR count). The van der Waals surface area contributed by atoms with E-state index in [2.05, 4.69) is 5.32 Å². The SMILES string of the molecule is CC(C)(C)C(=N)NC(=N)N. The third-order valence-corrected chi connectivity index (χ3v) is 1.01. The van der Waals surface area contributed by atoms with Crippen LogP contribution in [0.15, 0.2) is 0 Å². The minimum Gasteiger partial charge on any atom is -0.370 e. The monoisotopic (exact) mass is 142 g/mol. The molecule has 4 heteroatoms. The van der Waals surface area contributed by atoms with Gasteiger partial charge in [-0.25, -0.2) is 0 Å². The third-order valence-electron chi connectivity index (χ3n) is 1.01. The first-order valence-electron chi connectivity index (χ1n) is 3.04. The molecule has 0 unspecified atom stereocenters. The van der Waals surface area contributed by atoms with Crippen LogP contribution in [-0.4, -0.2) is 11.8 Å². The van der Waals surface area contributed by atoms with E-state index < -0.39 is 0 Å². The first-order valence-corrected chi connectivity index (χ1v) is 3.04. The van der Waals surface area contributed by atoms with Gasteiger partial charge in [-0.1, -0.05) is 20.8 Å². The maximum atomic E-state index is 7.34. The normalized spacial score (nSPS) is 10.7. The molecule has 0 atom stereocenters. The lowest BCUT2D eigenvalue weighted by Gasteiger charge is -2.19. The molecule has 4 nitrogen and oxygen atoms in total. The molecular formula is C6H14N4. The fraction of sp³-hybridized carbons (Fsp3) is 0.667. The van der Waals surface area contributed by atoms with Crippen molar-refractivity contribution >= 4 is 11.8 Å². The first kappa shape index (κ1) is 8.94. The third kappa shape index (κ3) is 3.06. The quantitative estimate of drug-likeness (QED) is 0.293. The summed E-state index contributed by atoms with van der Waals surface area (Å²) in [7, 11) is 0. The average molecular weight is 142 g/mol. The van der Waals surface area contributed by atoms with Crippen LogP contribution in [0.1, 0.15) is 20.8 Å². The van der Waals surface area contributed by atoms with Crippen LogP contribution in [0.3, 0.4) is 0 Å². The van der Waals surface area contributed by atoms with Crippen molar-refractivity contribution in [2.24, 2.45) is 11.1 Å². The van der Waals surface area contributed by atoms with Crippen LogP contribution >= 0.6 is 0 Å². The number of rotatable bonds is 0. The Balaban J connectivity index is 3.99. The van der Waals surface area contributed by atoms with E-state index in [0.29, 0.717) is 0 Å². The van der Waals surface area contributed by atoms with E-state index in [4.69, 9.17) is 16.6 Å². The molecule has 0 aliphatic heterocycles. The zero-order valence-electron chi connectivity index (χ0n) is 6.58. The van der Waals surface area contributed by atoms with Crippen molar-refractivity contribution < 1.29 is 0 Å². The van der Waals surface area contributed by atoms with Crippen molar-refractivity contribution in [3.63, 3.8) is 0 Å². The van der Waals surface area contributed by atoms with E-state index in [1.54, 1.807) is 0 Å². The zero-order chi connectivity index (χ0) is 8.36.